The van der Waals surface area contributed by atoms with E-state index in [2.05, 4.69) is 21.8 Å². The molecule has 1 aliphatic heterocycles. The fourth-order valence-electron chi connectivity index (χ4n) is 2.11. The lowest BCUT2D eigenvalue weighted by Gasteiger charge is -2.30. The highest BCUT2D eigenvalue weighted by Gasteiger charge is 2.16. The minimum atomic E-state index is 0. The molecule has 0 amide bonds. The van der Waals surface area contributed by atoms with Crippen LogP contribution < -0.4 is 5.73 Å². The van der Waals surface area contributed by atoms with Gasteiger partial charge in [0.05, 0.1) is 18.8 Å². The summed E-state index contributed by atoms with van der Waals surface area (Å²) in [5.74, 6) is 1.45. The SMILES string of the molecule is COCc1nc(CN=C(N)N2CCC(C)CC2)cs1.I. The molecule has 0 spiro atoms. The molecule has 0 bridgehead atoms. The summed E-state index contributed by atoms with van der Waals surface area (Å²) in [4.78, 5) is 11.1. The number of nitrogens with two attached hydrogens (primary N) is 1. The van der Waals surface area contributed by atoms with Gasteiger partial charge in [-0.25, -0.2) is 9.98 Å². The Morgan fingerprint density at radius 2 is 2.25 bits per heavy atom. The Hall–Kier alpha value is -0.410. The van der Waals surface area contributed by atoms with E-state index in [-0.39, 0.29) is 24.0 Å². The van der Waals surface area contributed by atoms with Crippen molar-refractivity contribution in [2.75, 3.05) is 20.2 Å². The Morgan fingerprint density at radius 3 is 2.90 bits per heavy atom. The van der Waals surface area contributed by atoms with E-state index in [1.807, 2.05) is 5.38 Å². The predicted molar refractivity (Wildman–Crippen MR) is 93.5 cm³/mol. The van der Waals surface area contributed by atoms with Crippen LogP contribution in [-0.4, -0.2) is 36.0 Å². The van der Waals surface area contributed by atoms with Crippen molar-refractivity contribution in [1.29, 1.82) is 0 Å². The normalized spacial score (nSPS) is 17.1. The first-order chi connectivity index (χ1) is 9.19. The highest BCUT2D eigenvalue weighted by atomic mass is 127. The van der Waals surface area contributed by atoms with Crippen molar-refractivity contribution in [2.45, 2.75) is 32.9 Å². The first-order valence-corrected chi connectivity index (χ1v) is 7.54. The maximum Gasteiger partial charge on any atom is 0.191 e. The maximum absolute atomic E-state index is 6.03. The number of guanidine groups is 1. The third kappa shape index (κ3) is 5.17. The van der Waals surface area contributed by atoms with Gasteiger partial charge in [0, 0.05) is 25.6 Å². The van der Waals surface area contributed by atoms with Gasteiger partial charge in [0.2, 0.25) is 0 Å². The second kappa shape index (κ2) is 8.78. The third-order valence-corrected chi connectivity index (χ3v) is 4.25. The van der Waals surface area contributed by atoms with E-state index in [1.54, 1.807) is 18.4 Å². The van der Waals surface area contributed by atoms with E-state index in [0.717, 1.165) is 29.7 Å². The smallest absolute Gasteiger partial charge is 0.191 e. The van der Waals surface area contributed by atoms with Crippen LogP contribution in [0.15, 0.2) is 10.4 Å². The molecule has 5 nitrogen and oxygen atoms in total. The summed E-state index contributed by atoms with van der Waals surface area (Å²) in [6.07, 6.45) is 2.40. The number of hydrogen-bond acceptors (Lipinski definition) is 4. The van der Waals surface area contributed by atoms with E-state index in [4.69, 9.17) is 10.5 Å². The summed E-state index contributed by atoms with van der Waals surface area (Å²) in [5.41, 5.74) is 7.00. The van der Waals surface area contributed by atoms with Gasteiger partial charge in [-0.05, 0) is 18.8 Å². The van der Waals surface area contributed by atoms with E-state index < -0.39 is 0 Å². The zero-order valence-corrected chi connectivity index (χ0v) is 15.2. The number of likely N-dealkylation sites (tertiary alicyclic amines) is 1. The van der Waals surface area contributed by atoms with E-state index >= 15 is 0 Å². The van der Waals surface area contributed by atoms with Crippen molar-refractivity contribution in [1.82, 2.24) is 9.88 Å². The van der Waals surface area contributed by atoms with Crippen LogP contribution in [0.4, 0.5) is 0 Å². The van der Waals surface area contributed by atoms with Gasteiger partial charge in [-0.1, -0.05) is 6.92 Å². The molecule has 1 aromatic rings. The third-order valence-electron chi connectivity index (χ3n) is 3.38. The van der Waals surface area contributed by atoms with Gasteiger partial charge in [0.25, 0.3) is 0 Å². The average molecular weight is 410 g/mol. The summed E-state index contributed by atoms with van der Waals surface area (Å²) in [6.45, 7) is 5.44. The van der Waals surface area contributed by atoms with Crippen LogP contribution in [0.1, 0.15) is 30.5 Å². The molecule has 2 heterocycles. The molecule has 1 aromatic heterocycles. The number of thiazole rings is 1. The van der Waals surface area contributed by atoms with Crippen molar-refractivity contribution in [3.05, 3.63) is 16.1 Å². The number of aliphatic imine (C=N–C) groups is 1. The number of hydrogen-bond donors (Lipinski definition) is 1. The zero-order chi connectivity index (χ0) is 13.7. The maximum atomic E-state index is 6.03. The van der Waals surface area contributed by atoms with Crippen LogP contribution in [0.5, 0.6) is 0 Å². The van der Waals surface area contributed by atoms with Gasteiger partial charge in [-0.15, -0.1) is 35.3 Å². The average Bonchev–Trinajstić information content (AvgIpc) is 2.85. The molecule has 0 radical (unpaired) electrons. The molecular weight excluding hydrogens is 387 g/mol. The van der Waals surface area contributed by atoms with E-state index in [9.17, 15) is 0 Å². The highest BCUT2D eigenvalue weighted by molar-refractivity contribution is 14.0. The summed E-state index contributed by atoms with van der Waals surface area (Å²) in [6, 6.07) is 0. The molecule has 1 saturated heterocycles. The van der Waals surface area contributed by atoms with Crippen LogP contribution in [0.25, 0.3) is 0 Å². The minimum absolute atomic E-state index is 0. The molecule has 2 rings (SSSR count). The molecule has 114 valence electrons. The standard InChI is InChI=1S/C13H22N4OS.HI/c1-10-3-5-17(6-4-10)13(14)15-7-11-9-19-12(16-11)8-18-2;/h9-10H,3-8H2,1-2H3,(H2,14,15);1H. The topological polar surface area (TPSA) is 63.7 Å². The zero-order valence-electron chi connectivity index (χ0n) is 12.0. The molecule has 1 fully saturated rings. The molecule has 0 aliphatic carbocycles. The monoisotopic (exact) mass is 410 g/mol. The number of rotatable bonds is 4. The van der Waals surface area contributed by atoms with Gasteiger partial charge < -0.3 is 15.4 Å². The summed E-state index contributed by atoms with van der Waals surface area (Å²) < 4.78 is 5.05. The van der Waals surface area contributed by atoms with Crippen LogP contribution >= 0.6 is 35.3 Å². The van der Waals surface area contributed by atoms with Crippen LogP contribution in [0.2, 0.25) is 0 Å². The van der Waals surface area contributed by atoms with Crippen LogP contribution in [-0.2, 0) is 17.9 Å². The predicted octanol–water partition coefficient (Wildman–Crippen LogP) is 2.45. The van der Waals surface area contributed by atoms with Crippen molar-refractivity contribution in [2.24, 2.45) is 16.6 Å². The first-order valence-electron chi connectivity index (χ1n) is 6.66. The summed E-state index contributed by atoms with van der Waals surface area (Å²) >= 11 is 1.60. The second-order valence-corrected chi connectivity index (χ2v) is 5.95. The fraction of sp³-hybridized carbons (Fsp3) is 0.692. The van der Waals surface area contributed by atoms with Crippen molar-refractivity contribution in [3.8, 4) is 0 Å². The molecular formula is C13H23IN4OS. The fourth-order valence-corrected chi connectivity index (χ4v) is 2.87. The van der Waals surface area contributed by atoms with Gasteiger partial charge in [0.1, 0.15) is 5.01 Å². The Morgan fingerprint density at radius 1 is 1.55 bits per heavy atom. The van der Waals surface area contributed by atoms with Gasteiger partial charge >= 0.3 is 0 Å². The number of aromatic nitrogens is 1. The molecule has 0 unspecified atom stereocenters. The highest BCUT2D eigenvalue weighted by Crippen LogP contribution is 2.16. The minimum Gasteiger partial charge on any atom is -0.378 e. The van der Waals surface area contributed by atoms with Crippen molar-refractivity contribution in [3.63, 3.8) is 0 Å². The molecule has 2 N–H and O–H groups in total. The van der Waals surface area contributed by atoms with E-state index in [0.29, 0.717) is 19.1 Å². The lowest BCUT2D eigenvalue weighted by Crippen LogP contribution is -2.42. The number of piperidine rings is 1. The summed E-state index contributed by atoms with van der Waals surface area (Å²) in [5, 5.41) is 3.00. The lowest BCUT2D eigenvalue weighted by atomic mass is 10.00. The van der Waals surface area contributed by atoms with Crippen molar-refractivity contribution >= 4 is 41.3 Å². The Balaban J connectivity index is 0.00000200. The molecule has 20 heavy (non-hydrogen) atoms. The quantitative estimate of drug-likeness (QED) is 0.471. The number of methoxy groups -OCH3 is 1. The number of ether oxygens (including phenoxy) is 1. The van der Waals surface area contributed by atoms with Crippen molar-refractivity contribution < 1.29 is 4.74 Å². The molecule has 7 heteroatoms. The molecule has 0 saturated carbocycles. The van der Waals surface area contributed by atoms with E-state index in [1.165, 1.54) is 12.8 Å². The van der Waals surface area contributed by atoms with Gasteiger partial charge in [0.15, 0.2) is 5.96 Å². The van der Waals surface area contributed by atoms with Gasteiger partial charge in [-0.2, -0.15) is 0 Å². The van der Waals surface area contributed by atoms with Gasteiger partial charge in [-0.3, -0.25) is 0 Å². The number of nitrogens with zero attached hydrogens (tertiary/aromatic N) is 3. The largest absolute Gasteiger partial charge is 0.378 e. The summed E-state index contributed by atoms with van der Waals surface area (Å²) in [7, 11) is 1.68. The molecule has 0 aromatic carbocycles. The lowest BCUT2D eigenvalue weighted by molar-refractivity contribution is 0.184. The van der Waals surface area contributed by atoms with Crippen LogP contribution in [0, 0.1) is 5.92 Å². The Bertz CT molecular complexity index is 430. The Kier molecular flexibility index (Phi) is 7.75. The Labute approximate surface area is 141 Å². The molecule has 0 atom stereocenters. The second-order valence-electron chi connectivity index (χ2n) is 5.01. The number of halogens is 1. The van der Waals surface area contributed by atoms with Crippen LogP contribution in [0.3, 0.4) is 0 Å². The molecule has 1 aliphatic rings. The first kappa shape index (κ1) is 17.6.